The lowest BCUT2D eigenvalue weighted by Crippen LogP contribution is -2.14. The van der Waals surface area contributed by atoms with Gasteiger partial charge in [-0.25, -0.2) is 12.8 Å². The molecule has 1 aromatic carbocycles. The summed E-state index contributed by atoms with van der Waals surface area (Å²) in [5, 5.41) is 6.33. The van der Waals surface area contributed by atoms with E-state index in [9.17, 15) is 12.8 Å². The number of halogens is 1. The van der Waals surface area contributed by atoms with Crippen molar-refractivity contribution in [1.82, 2.24) is 10.2 Å². The highest BCUT2D eigenvalue weighted by Gasteiger charge is 2.17. The molecule has 5 nitrogen and oxygen atoms in total. The van der Waals surface area contributed by atoms with Gasteiger partial charge in [-0.1, -0.05) is 13.0 Å². The third-order valence-electron chi connectivity index (χ3n) is 2.44. The van der Waals surface area contributed by atoms with Crippen molar-refractivity contribution in [2.45, 2.75) is 18.2 Å². The third kappa shape index (κ3) is 2.51. The molecule has 96 valence electrons. The number of anilines is 1. The van der Waals surface area contributed by atoms with E-state index >= 15 is 0 Å². The van der Waals surface area contributed by atoms with Gasteiger partial charge in [-0.05, 0) is 24.6 Å². The van der Waals surface area contributed by atoms with Crippen molar-refractivity contribution < 1.29 is 12.8 Å². The molecule has 0 radical (unpaired) electrons. The zero-order chi connectivity index (χ0) is 13.2. The molecule has 0 atom stereocenters. The van der Waals surface area contributed by atoms with Gasteiger partial charge in [-0.2, -0.15) is 5.10 Å². The normalized spacial score (nSPS) is 11.4. The Hall–Kier alpha value is -1.89. The monoisotopic (exact) mass is 269 g/mol. The van der Waals surface area contributed by atoms with Crippen molar-refractivity contribution in [3.05, 3.63) is 41.8 Å². The minimum Gasteiger partial charge on any atom is -0.264 e. The smallest absolute Gasteiger partial charge is 0.263 e. The van der Waals surface area contributed by atoms with Gasteiger partial charge in [-0.15, -0.1) is 0 Å². The first-order valence-electron chi connectivity index (χ1n) is 5.33. The molecule has 0 amide bonds. The lowest BCUT2D eigenvalue weighted by atomic mass is 10.3. The second-order valence-electron chi connectivity index (χ2n) is 3.69. The molecule has 0 bridgehead atoms. The van der Waals surface area contributed by atoms with Crippen LogP contribution in [-0.2, 0) is 16.4 Å². The first-order valence-corrected chi connectivity index (χ1v) is 6.82. The molecule has 0 spiro atoms. The molecule has 18 heavy (non-hydrogen) atoms. The van der Waals surface area contributed by atoms with E-state index in [1.54, 1.807) is 6.20 Å². The standard InChI is InChI=1S/C11H12FN3O2S/c1-2-8-7-13-14-11(8)15-18(16,17)10-5-3-4-9(12)6-10/h3-7H,2H2,1H3,(H2,13,14,15). The SMILES string of the molecule is CCc1cn[nH]c1NS(=O)(=O)c1cccc(F)c1. The molecule has 2 aromatic rings. The first kappa shape index (κ1) is 12.6. The summed E-state index contributed by atoms with van der Waals surface area (Å²) in [6, 6.07) is 4.82. The summed E-state index contributed by atoms with van der Waals surface area (Å²) in [7, 11) is -3.80. The van der Waals surface area contributed by atoms with Crippen molar-refractivity contribution in [3.8, 4) is 0 Å². The Kier molecular flexibility index (Phi) is 3.33. The maximum absolute atomic E-state index is 13.0. The molecule has 0 saturated carbocycles. The predicted molar refractivity (Wildman–Crippen MR) is 65.2 cm³/mol. The minimum atomic E-state index is -3.80. The van der Waals surface area contributed by atoms with E-state index in [0.29, 0.717) is 12.2 Å². The van der Waals surface area contributed by atoms with Gasteiger partial charge in [0.15, 0.2) is 0 Å². The van der Waals surface area contributed by atoms with Gasteiger partial charge in [-0.3, -0.25) is 9.82 Å². The molecule has 2 N–H and O–H groups in total. The summed E-state index contributed by atoms with van der Waals surface area (Å²) in [5.74, 6) is -0.292. The summed E-state index contributed by atoms with van der Waals surface area (Å²) < 4.78 is 39.3. The Labute approximate surface area is 104 Å². The van der Waals surface area contributed by atoms with E-state index in [-0.39, 0.29) is 4.90 Å². The van der Waals surface area contributed by atoms with Crippen LogP contribution in [0.5, 0.6) is 0 Å². The Balaban J connectivity index is 2.33. The van der Waals surface area contributed by atoms with Crippen LogP contribution in [0.1, 0.15) is 12.5 Å². The maximum Gasteiger partial charge on any atom is 0.263 e. The summed E-state index contributed by atoms with van der Waals surface area (Å²) in [5.41, 5.74) is 0.745. The van der Waals surface area contributed by atoms with Crippen LogP contribution in [-0.4, -0.2) is 18.6 Å². The number of hydrogen-bond acceptors (Lipinski definition) is 3. The second kappa shape index (κ2) is 4.77. The summed E-state index contributed by atoms with van der Waals surface area (Å²) in [6.45, 7) is 1.88. The molecular formula is C11H12FN3O2S. The van der Waals surface area contributed by atoms with Crippen LogP contribution >= 0.6 is 0 Å². The van der Waals surface area contributed by atoms with E-state index in [2.05, 4.69) is 14.9 Å². The van der Waals surface area contributed by atoms with Crippen LogP contribution in [0.15, 0.2) is 35.4 Å². The highest BCUT2D eigenvalue weighted by molar-refractivity contribution is 7.92. The van der Waals surface area contributed by atoms with Gasteiger partial charge >= 0.3 is 0 Å². The number of benzene rings is 1. The fourth-order valence-electron chi connectivity index (χ4n) is 1.49. The topological polar surface area (TPSA) is 74.8 Å². The molecule has 0 saturated heterocycles. The Bertz CT molecular complexity index is 652. The number of H-pyrrole nitrogens is 1. The van der Waals surface area contributed by atoms with Gasteiger partial charge < -0.3 is 0 Å². The first-order chi connectivity index (χ1) is 8.53. The number of aromatic amines is 1. The fourth-order valence-corrected chi connectivity index (χ4v) is 2.58. The largest absolute Gasteiger partial charge is 0.264 e. The number of rotatable bonds is 4. The fraction of sp³-hybridized carbons (Fsp3) is 0.182. The molecule has 0 unspecified atom stereocenters. The number of aryl methyl sites for hydroxylation is 1. The third-order valence-corrected chi connectivity index (χ3v) is 3.79. The van der Waals surface area contributed by atoms with Crippen LogP contribution < -0.4 is 4.72 Å². The van der Waals surface area contributed by atoms with Gasteiger partial charge in [0.05, 0.1) is 11.1 Å². The molecule has 0 aliphatic rings. The molecule has 7 heteroatoms. The van der Waals surface area contributed by atoms with Crippen molar-refractivity contribution >= 4 is 15.8 Å². The average molecular weight is 269 g/mol. The number of nitrogens with one attached hydrogen (secondary N) is 2. The lowest BCUT2D eigenvalue weighted by molar-refractivity contribution is 0.595. The van der Waals surface area contributed by atoms with E-state index < -0.39 is 15.8 Å². The zero-order valence-corrected chi connectivity index (χ0v) is 10.5. The second-order valence-corrected chi connectivity index (χ2v) is 5.37. The number of nitrogens with zero attached hydrogens (tertiary/aromatic N) is 1. The average Bonchev–Trinajstić information content (AvgIpc) is 2.75. The molecular weight excluding hydrogens is 257 g/mol. The zero-order valence-electron chi connectivity index (χ0n) is 9.64. The van der Waals surface area contributed by atoms with E-state index in [1.807, 2.05) is 6.92 Å². The van der Waals surface area contributed by atoms with Crippen molar-refractivity contribution in [3.63, 3.8) is 0 Å². The quantitative estimate of drug-likeness (QED) is 0.890. The van der Waals surface area contributed by atoms with Gasteiger partial charge in [0.25, 0.3) is 10.0 Å². The van der Waals surface area contributed by atoms with Crippen molar-refractivity contribution in [1.29, 1.82) is 0 Å². The van der Waals surface area contributed by atoms with Crippen LogP contribution in [0.2, 0.25) is 0 Å². The molecule has 0 aliphatic carbocycles. The highest BCUT2D eigenvalue weighted by atomic mass is 32.2. The number of aromatic nitrogens is 2. The van der Waals surface area contributed by atoms with Crippen LogP contribution in [0, 0.1) is 5.82 Å². The Morgan fingerprint density at radius 3 is 2.89 bits per heavy atom. The molecule has 0 fully saturated rings. The van der Waals surface area contributed by atoms with E-state index in [0.717, 1.165) is 11.6 Å². The van der Waals surface area contributed by atoms with E-state index in [1.165, 1.54) is 18.2 Å². The Morgan fingerprint density at radius 1 is 1.44 bits per heavy atom. The molecule has 1 heterocycles. The van der Waals surface area contributed by atoms with Gasteiger partial charge in [0.2, 0.25) is 0 Å². The molecule has 0 aliphatic heterocycles. The van der Waals surface area contributed by atoms with Gasteiger partial charge in [0, 0.05) is 5.56 Å². The van der Waals surface area contributed by atoms with Gasteiger partial charge in [0.1, 0.15) is 11.6 Å². The van der Waals surface area contributed by atoms with E-state index in [4.69, 9.17) is 0 Å². The van der Waals surface area contributed by atoms with Crippen molar-refractivity contribution in [2.24, 2.45) is 0 Å². The summed E-state index contributed by atoms with van der Waals surface area (Å²) in [6.07, 6.45) is 2.18. The lowest BCUT2D eigenvalue weighted by Gasteiger charge is -2.07. The summed E-state index contributed by atoms with van der Waals surface area (Å²) >= 11 is 0. The summed E-state index contributed by atoms with van der Waals surface area (Å²) in [4.78, 5) is -0.126. The number of sulfonamides is 1. The van der Waals surface area contributed by atoms with Crippen LogP contribution in [0.4, 0.5) is 10.2 Å². The molecule has 2 rings (SSSR count). The molecule has 1 aromatic heterocycles. The predicted octanol–water partition coefficient (Wildman–Crippen LogP) is 1.91. The Morgan fingerprint density at radius 2 is 2.22 bits per heavy atom. The van der Waals surface area contributed by atoms with Crippen molar-refractivity contribution in [2.75, 3.05) is 4.72 Å². The maximum atomic E-state index is 13.0. The minimum absolute atomic E-state index is 0.126. The van der Waals surface area contributed by atoms with Crippen LogP contribution in [0.25, 0.3) is 0 Å². The highest BCUT2D eigenvalue weighted by Crippen LogP contribution is 2.18. The number of hydrogen-bond donors (Lipinski definition) is 2. The van der Waals surface area contributed by atoms with Crippen LogP contribution in [0.3, 0.4) is 0 Å².